The summed E-state index contributed by atoms with van der Waals surface area (Å²) in [5.41, 5.74) is 1.24. The molecule has 1 nitrogen and oxygen atoms in total. The van der Waals surface area contributed by atoms with E-state index in [1.165, 1.54) is 12.0 Å². The SMILES string of the molecule is CCCNC(Cc1ccccc1Cl)C(C)C. The molecule has 1 N–H and O–H groups in total. The van der Waals surface area contributed by atoms with Crippen molar-refractivity contribution in [3.63, 3.8) is 0 Å². The Bertz CT molecular complexity index is 309. The maximum absolute atomic E-state index is 6.18. The molecule has 0 heterocycles. The highest BCUT2D eigenvalue weighted by Crippen LogP contribution is 2.18. The number of rotatable bonds is 6. The van der Waals surface area contributed by atoms with Crippen molar-refractivity contribution in [2.24, 2.45) is 5.92 Å². The maximum atomic E-state index is 6.18. The van der Waals surface area contributed by atoms with Gasteiger partial charge in [-0.3, -0.25) is 0 Å². The van der Waals surface area contributed by atoms with Gasteiger partial charge in [-0.05, 0) is 36.9 Å². The standard InChI is InChI=1S/C14H22ClN/c1-4-9-16-14(11(2)3)10-12-7-5-6-8-13(12)15/h5-8,11,14,16H,4,9-10H2,1-3H3. The van der Waals surface area contributed by atoms with Gasteiger partial charge in [0.25, 0.3) is 0 Å². The summed E-state index contributed by atoms with van der Waals surface area (Å²) in [5, 5.41) is 4.47. The Hall–Kier alpha value is -0.530. The predicted molar refractivity (Wildman–Crippen MR) is 72.1 cm³/mol. The molecular weight excluding hydrogens is 218 g/mol. The topological polar surface area (TPSA) is 12.0 Å². The summed E-state index contributed by atoms with van der Waals surface area (Å²) >= 11 is 6.18. The Balaban J connectivity index is 2.64. The van der Waals surface area contributed by atoms with E-state index in [2.05, 4.69) is 38.2 Å². The van der Waals surface area contributed by atoms with Crippen LogP contribution in [0.25, 0.3) is 0 Å². The van der Waals surface area contributed by atoms with E-state index in [1.54, 1.807) is 0 Å². The minimum Gasteiger partial charge on any atom is -0.313 e. The largest absolute Gasteiger partial charge is 0.313 e. The van der Waals surface area contributed by atoms with Gasteiger partial charge in [-0.2, -0.15) is 0 Å². The first-order valence-corrected chi connectivity index (χ1v) is 6.49. The third kappa shape index (κ3) is 4.15. The smallest absolute Gasteiger partial charge is 0.0438 e. The fraction of sp³-hybridized carbons (Fsp3) is 0.571. The van der Waals surface area contributed by atoms with Gasteiger partial charge in [0.1, 0.15) is 0 Å². The summed E-state index contributed by atoms with van der Waals surface area (Å²) in [5.74, 6) is 0.628. The second-order valence-electron chi connectivity index (χ2n) is 4.60. The highest BCUT2D eigenvalue weighted by molar-refractivity contribution is 6.31. The molecule has 1 rings (SSSR count). The van der Waals surface area contributed by atoms with Gasteiger partial charge in [0, 0.05) is 11.1 Å². The third-order valence-electron chi connectivity index (χ3n) is 2.86. The lowest BCUT2D eigenvalue weighted by Crippen LogP contribution is -2.36. The van der Waals surface area contributed by atoms with Crippen molar-refractivity contribution < 1.29 is 0 Å². The quantitative estimate of drug-likeness (QED) is 0.794. The summed E-state index contributed by atoms with van der Waals surface area (Å²) in [6.07, 6.45) is 2.18. The highest BCUT2D eigenvalue weighted by atomic mass is 35.5. The second-order valence-corrected chi connectivity index (χ2v) is 5.01. The maximum Gasteiger partial charge on any atom is 0.0438 e. The van der Waals surface area contributed by atoms with Gasteiger partial charge in [0.05, 0.1) is 0 Å². The van der Waals surface area contributed by atoms with E-state index in [0.717, 1.165) is 18.0 Å². The molecule has 0 aliphatic rings. The molecule has 0 aliphatic carbocycles. The first kappa shape index (κ1) is 13.5. The monoisotopic (exact) mass is 239 g/mol. The Morgan fingerprint density at radius 2 is 1.94 bits per heavy atom. The Morgan fingerprint density at radius 3 is 2.50 bits per heavy atom. The molecule has 1 aromatic carbocycles. The number of nitrogens with one attached hydrogen (secondary N) is 1. The molecule has 1 atom stereocenters. The van der Waals surface area contributed by atoms with Gasteiger partial charge in [0.15, 0.2) is 0 Å². The highest BCUT2D eigenvalue weighted by Gasteiger charge is 2.14. The van der Waals surface area contributed by atoms with E-state index < -0.39 is 0 Å². The fourth-order valence-electron chi connectivity index (χ4n) is 1.77. The second kappa shape index (κ2) is 6.93. The third-order valence-corrected chi connectivity index (χ3v) is 3.23. The molecule has 2 heteroatoms. The molecule has 0 fully saturated rings. The zero-order valence-corrected chi connectivity index (χ0v) is 11.2. The van der Waals surface area contributed by atoms with Crippen LogP contribution in [0.3, 0.4) is 0 Å². The van der Waals surface area contributed by atoms with E-state index in [0.29, 0.717) is 12.0 Å². The molecule has 90 valence electrons. The van der Waals surface area contributed by atoms with Crippen LogP contribution in [-0.4, -0.2) is 12.6 Å². The van der Waals surface area contributed by atoms with Gasteiger partial charge in [-0.1, -0.05) is 50.6 Å². The Labute approximate surface area is 104 Å². The lowest BCUT2D eigenvalue weighted by atomic mass is 9.96. The van der Waals surface area contributed by atoms with Crippen molar-refractivity contribution in [2.45, 2.75) is 39.7 Å². The molecule has 16 heavy (non-hydrogen) atoms. The van der Waals surface area contributed by atoms with Crippen LogP contribution in [0.5, 0.6) is 0 Å². The molecule has 0 bridgehead atoms. The number of benzene rings is 1. The molecule has 0 saturated heterocycles. The molecule has 0 spiro atoms. The van der Waals surface area contributed by atoms with Crippen LogP contribution in [0.15, 0.2) is 24.3 Å². The van der Waals surface area contributed by atoms with Gasteiger partial charge >= 0.3 is 0 Å². The van der Waals surface area contributed by atoms with Gasteiger partial charge in [-0.25, -0.2) is 0 Å². The van der Waals surface area contributed by atoms with Crippen LogP contribution in [-0.2, 0) is 6.42 Å². The van der Waals surface area contributed by atoms with Crippen molar-refractivity contribution in [1.82, 2.24) is 5.32 Å². The number of hydrogen-bond acceptors (Lipinski definition) is 1. The van der Waals surface area contributed by atoms with Gasteiger partial charge in [-0.15, -0.1) is 0 Å². The van der Waals surface area contributed by atoms with Crippen LogP contribution in [0, 0.1) is 5.92 Å². The van der Waals surface area contributed by atoms with E-state index in [1.807, 2.05) is 12.1 Å². The lowest BCUT2D eigenvalue weighted by Gasteiger charge is -2.22. The van der Waals surface area contributed by atoms with Crippen LogP contribution in [0.1, 0.15) is 32.8 Å². The van der Waals surface area contributed by atoms with Crippen molar-refractivity contribution in [2.75, 3.05) is 6.54 Å². The van der Waals surface area contributed by atoms with Crippen molar-refractivity contribution in [1.29, 1.82) is 0 Å². The van der Waals surface area contributed by atoms with Crippen molar-refractivity contribution >= 4 is 11.6 Å². The average Bonchev–Trinajstić information content (AvgIpc) is 2.26. The molecule has 0 radical (unpaired) electrons. The zero-order valence-electron chi connectivity index (χ0n) is 10.5. The number of halogens is 1. The molecular formula is C14H22ClN. The molecule has 1 unspecified atom stereocenters. The normalized spacial score (nSPS) is 13.1. The zero-order chi connectivity index (χ0) is 12.0. The minimum atomic E-state index is 0.514. The van der Waals surface area contributed by atoms with E-state index >= 15 is 0 Å². The first-order valence-electron chi connectivity index (χ1n) is 6.12. The van der Waals surface area contributed by atoms with Crippen LogP contribution in [0.4, 0.5) is 0 Å². The predicted octanol–water partition coefficient (Wildman–Crippen LogP) is 3.91. The molecule has 0 aromatic heterocycles. The number of hydrogen-bond donors (Lipinski definition) is 1. The Morgan fingerprint density at radius 1 is 1.25 bits per heavy atom. The first-order chi connectivity index (χ1) is 7.65. The molecule has 0 saturated carbocycles. The van der Waals surface area contributed by atoms with E-state index in [4.69, 9.17) is 11.6 Å². The van der Waals surface area contributed by atoms with Crippen LogP contribution >= 0.6 is 11.6 Å². The fourth-order valence-corrected chi connectivity index (χ4v) is 1.99. The summed E-state index contributed by atoms with van der Waals surface area (Å²) in [6, 6.07) is 8.63. The summed E-state index contributed by atoms with van der Waals surface area (Å²) in [7, 11) is 0. The molecule has 1 aromatic rings. The molecule has 0 aliphatic heterocycles. The summed E-state index contributed by atoms with van der Waals surface area (Å²) < 4.78 is 0. The van der Waals surface area contributed by atoms with Gasteiger partial charge in [0.2, 0.25) is 0 Å². The Kier molecular flexibility index (Phi) is 5.86. The van der Waals surface area contributed by atoms with Gasteiger partial charge < -0.3 is 5.32 Å². The summed E-state index contributed by atoms with van der Waals surface area (Å²) in [4.78, 5) is 0. The van der Waals surface area contributed by atoms with Crippen molar-refractivity contribution in [3.05, 3.63) is 34.9 Å². The van der Waals surface area contributed by atoms with Crippen LogP contribution in [0.2, 0.25) is 5.02 Å². The van der Waals surface area contributed by atoms with Crippen LogP contribution < -0.4 is 5.32 Å². The van der Waals surface area contributed by atoms with E-state index in [9.17, 15) is 0 Å². The van der Waals surface area contributed by atoms with Crippen molar-refractivity contribution in [3.8, 4) is 0 Å². The summed E-state index contributed by atoms with van der Waals surface area (Å²) in [6.45, 7) is 7.78. The average molecular weight is 240 g/mol. The minimum absolute atomic E-state index is 0.514. The lowest BCUT2D eigenvalue weighted by molar-refractivity contribution is 0.397. The van der Waals surface area contributed by atoms with E-state index in [-0.39, 0.29) is 0 Å². The molecule has 0 amide bonds.